The van der Waals surface area contributed by atoms with Crippen LogP contribution in [0.4, 0.5) is 0 Å². The van der Waals surface area contributed by atoms with E-state index in [1.165, 1.54) is 5.57 Å². The Morgan fingerprint density at radius 3 is 2.04 bits per heavy atom. The zero-order valence-corrected chi connectivity index (χ0v) is 16.1. The van der Waals surface area contributed by atoms with Crippen molar-refractivity contribution in [2.45, 2.75) is 74.7 Å². The first-order chi connectivity index (χ1) is 10.6. The van der Waals surface area contributed by atoms with Gasteiger partial charge in [0.1, 0.15) is 0 Å². The first-order valence-corrected chi connectivity index (χ1v) is 8.75. The molecule has 0 aromatic carbocycles. The van der Waals surface area contributed by atoms with Crippen molar-refractivity contribution in [2.24, 2.45) is 11.3 Å². The average molecular weight is 316 g/mol. The quantitative estimate of drug-likeness (QED) is 0.473. The van der Waals surface area contributed by atoms with Crippen LogP contribution in [0.3, 0.4) is 0 Å². The third kappa shape index (κ3) is 3.91. The third-order valence-electron chi connectivity index (χ3n) is 5.42. The van der Waals surface area contributed by atoms with Gasteiger partial charge in [-0.2, -0.15) is 0 Å². The zero-order chi connectivity index (χ0) is 17.9. The van der Waals surface area contributed by atoms with Gasteiger partial charge in [-0.25, -0.2) is 0 Å². The Bertz CT molecular complexity index is 601. The fourth-order valence-corrected chi connectivity index (χ4v) is 3.43. The van der Waals surface area contributed by atoms with Crippen LogP contribution in [0.15, 0.2) is 33.9 Å². The van der Waals surface area contributed by atoms with Crippen molar-refractivity contribution in [1.29, 1.82) is 0 Å². The molecule has 0 N–H and O–H groups in total. The lowest BCUT2D eigenvalue weighted by Crippen LogP contribution is -2.30. The lowest BCUT2D eigenvalue weighted by atomic mass is 9.69. The number of Topliss-reactive ketones (excluding diaryl/α,β-unsaturated/α-hetero) is 2. The molecule has 128 valence electrons. The Labute approximate surface area is 141 Å². The minimum atomic E-state index is -0.379. The highest BCUT2D eigenvalue weighted by Crippen LogP contribution is 2.41. The molecule has 0 amide bonds. The summed E-state index contributed by atoms with van der Waals surface area (Å²) in [5.41, 5.74) is 3.43. The van der Waals surface area contributed by atoms with Gasteiger partial charge in [0.25, 0.3) is 0 Å². The maximum Gasteiger partial charge on any atom is 0.186 e. The summed E-state index contributed by atoms with van der Waals surface area (Å²) in [6, 6.07) is 0. The molecule has 2 nitrogen and oxygen atoms in total. The monoisotopic (exact) mass is 316 g/mol. The van der Waals surface area contributed by atoms with E-state index >= 15 is 0 Å². The Morgan fingerprint density at radius 1 is 1.04 bits per heavy atom. The van der Waals surface area contributed by atoms with Gasteiger partial charge >= 0.3 is 0 Å². The van der Waals surface area contributed by atoms with Gasteiger partial charge < -0.3 is 0 Å². The summed E-state index contributed by atoms with van der Waals surface area (Å²) in [5.74, 6) is 0.691. The van der Waals surface area contributed by atoms with Gasteiger partial charge in [0.15, 0.2) is 11.6 Å². The van der Waals surface area contributed by atoms with Crippen LogP contribution in [0.2, 0.25) is 0 Å². The molecular formula is C21H32O2. The summed E-state index contributed by atoms with van der Waals surface area (Å²) in [6.45, 7) is 16.1. The maximum absolute atomic E-state index is 12.9. The predicted octanol–water partition coefficient (Wildman–Crippen LogP) is 5.59. The first kappa shape index (κ1) is 19.6. The second-order valence-electron chi connectivity index (χ2n) is 7.39. The minimum Gasteiger partial charge on any atom is -0.289 e. The van der Waals surface area contributed by atoms with E-state index in [1.807, 2.05) is 0 Å². The van der Waals surface area contributed by atoms with Crippen molar-refractivity contribution in [2.75, 3.05) is 0 Å². The molecule has 0 aromatic heterocycles. The van der Waals surface area contributed by atoms with Gasteiger partial charge in [-0.1, -0.05) is 45.8 Å². The molecule has 0 spiro atoms. The van der Waals surface area contributed by atoms with Crippen molar-refractivity contribution < 1.29 is 9.59 Å². The normalized spacial score (nSPS) is 21.0. The minimum absolute atomic E-state index is 0.0183. The van der Waals surface area contributed by atoms with Crippen LogP contribution < -0.4 is 0 Å². The standard InChI is InChI=1S/C21H32O2/c1-9-13(3)11-14(4)12-21(8,10-2)18-17(7)19(22)15(5)16(6)20(18)23/h12-13H,9-11H2,1-8H3/b14-12+/t13-,21-/m1/s1. The van der Waals surface area contributed by atoms with E-state index in [0.29, 0.717) is 28.2 Å². The van der Waals surface area contributed by atoms with Crippen molar-refractivity contribution in [3.05, 3.63) is 33.9 Å². The van der Waals surface area contributed by atoms with Crippen LogP contribution in [0.25, 0.3) is 0 Å². The highest BCUT2D eigenvalue weighted by molar-refractivity contribution is 6.25. The molecule has 1 aliphatic rings. The molecule has 1 rings (SSSR count). The van der Waals surface area contributed by atoms with E-state index in [4.69, 9.17) is 0 Å². The van der Waals surface area contributed by atoms with E-state index in [-0.39, 0.29) is 17.0 Å². The molecule has 1 aliphatic carbocycles. The van der Waals surface area contributed by atoms with Crippen molar-refractivity contribution in [3.63, 3.8) is 0 Å². The zero-order valence-electron chi connectivity index (χ0n) is 16.1. The second-order valence-corrected chi connectivity index (χ2v) is 7.39. The lowest BCUT2D eigenvalue weighted by molar-refractivity contribution is -0.117. The van der Waals surface area contributed by atoms with Gasteiger partial charge in [0.05, 0.1) is 0 Å². The molecule has 0 fully saturated rings. The summed E-state index contributed by atoms with van der Waals surface area (Å²) in [6.07, 6.45) is 5.21. The van der Waals surface area contributed by atoms with Gasteiger partial charge in [-0.15, -0.1) is 0 Å². The number of carbonyl (C=O) groups is 2. The number of rotatable bonds is 6. The largest absolute Gasteiger partial charge is 0.289 e. The first-order valence-electron chi connectivity index (χ1n) is 8.75. The number of hydrogen-bond acceptors (Lipinski definition) is 2. The molecule has 0 radical (unpaired) electrons. The van der Waals surface area contributed by atoms with Gasteiger partial charge in [-0.3, -0.25) is 9.59 Å². The predicted molar refractivity (Wildman–Crippen MR) is 97.3 cm³/mol. The number of allylic oxidation sites excluding steroid dienone is 6. The van der Waals surface area contributed by atoms with Crippen molar-refractivity contribution >= 4 is 11.6 Å². The average Bonchev–Trinajstić information content (AvgIpc) is 2.50. The van der Waals surface area contributed by atoms with Crippen LogP contribution in [0.5, 0.6) is 0 Å². The number of hydrogen-bond donors (Lipinski definition) is 0. The van der Waals surface area contributed by atoms with Gasteiger partial charge in [0.2, 0.25) is 0 Å². The van der Waals surface area contributed by atoms with Crippen LogP contribution in [0.1, 0.15) is 74.7 Å². The molecule has 2 atom stereocenters. The summed E-state index contributed by atoms with van der Waals surface area (Å²) < 4.78 is 0. The second kappa shape index (κ2) is 7.42. The Balaban J connectivity index is 3.35. The van der Waals surface area contributed by atoms with Gasteiger partial charge in [-0.05, 0) is 46.5 Å². The third-order valence-corrected chi connectivity index (χ3v) is 5.42. The molecule has 2 heteroatoms. The van der Waals surface area contributed by atoms with E-state index in [2.05, 4.69) is 40.7 Å². The van der Waals surface area contributed by atoms with E-state index in [0.717, 1.165) is 19.3 Å². The highest BCUT2D eigenvalue weighted by atomic mass is 16.1. The summed E-state index contributed by atoms with van der Waals surface area (Å²) in [7, 11) is 0. The number of ketones is 2. The summed E-state index contributed by atoms with van der Waals surface area (Å²) in [4.78, 5) is 25.3. The Hall–Kier alpha value is -1.44. The Kier molecular flexibility index (Phi) is 6.33. The Morgan fingerprint density at radius 2 is 1.57 bits per heavy atom. The highest BCUT2D eigenvalue weighted by Gasteiger charge is 2.37. The van der Waals surface area contributed by atoms with E-state index in [9.17, 15) is 9.59 Å². The number of carbonyl (C=O) groups excluding carboxylic acids is 2. The van der Waals surface area contributed by atoms with Crippen LogP contribution >= 0.6 is 0 Å². The molecule has 0 unspecified atom stereocenters. The van der Waals surface area contributed by atoms with Crippen LogP contribution in [-0.2, 0) is 9.59 Å². The molecule has 0 bridgehead atoms. The molecule has 0 aromatic rings. The maximum atomic E-state index is 12.9. The topological polar surface area (TPSA) is 34.1 Å². The summed E-state index contributed by atoms with van der Waals surface area (Å²) in [5, 5.41) is 0. The van der Waals surface area contributed by atoms with E-state index in [1.54, 1.807) is 20.8 Å². The molecule has 0 aliphatic heterocycles. The molecule has 0 saturated heterocycles. The van der Waals surface area contributed by atoms with Gasteiger partial charge in [0, 0.05) is 27.7 Å². The molecule has 23 heavy (non-hydrogen) atoms. The van der Waals surface area contributed by atoms with E-state index < -0.39 is 0 Å². The lowest BCUT2D eigenvalue weighted by Gasteiger charge is -2.33. The van der Waals surface area contributed by atoms with Crippen LogP contribution in [-0.4, -0.2) is 11.6 Å². The molecule has 0 saturated carbocycles. The molecular weight excluding hydrogens is 284 g/mol. The van der Waals surface area contributed by atoms with Crippen molar-refractivity contribution in [1.82, 2.24) is 0 Å². The smallest absolute Gasteiger partial charge is 0.186 e. The SMILES string of the molecule is CC[C@@H](C)C/C(C)=C/[C@@](C)(CC)C1=C(C)C(=O)C(C)=C(C)C1=O. The molecule has 0 heterocycles. The van der Waals surface area contributed by atoms with Crippen molar-refractivity contribution in [3.8, 4) is 0 Å². The summed E-state index contributed by atoms with van der Waals surface area (Å²) >= 11 is 0. The fraction of sp³-hybridized carbons (Fsp3) is 0.619. The van der Waals surface area contributed by atoms with Crippen LogP contribution in [0, 0.1) is 11.3 Å². The fourth-order valence-electron chi connectivity index (χ4n) is 3.43.